The first kappa shape index (κ1) is 14.1. The van der Waals surface area contributed by atoms with Gasteiger partial charge in [-0.1, -0.05) is 23.8 Å². The van der Waals surface area contributed by atoms with Gasteiger partial charge in [0, 0.05) is 12.1 Å². The molecule has 0 unspecified atom stereocenters. The number of phenols is 1. The maximum absolute atomic E-state index is 10.1. The Hall–Kier alpha value is -1.48. The Labute approximate surface area is 132 Å². The fourth-order valence-corrected chi connectivity index (χ4v) is 5.12. The summed E-state index contributed by atoms with van der Waals surface area (Å²) in [6, 6.07) is 5.63. The number of nitrogens with two attached hydrogens (primary N) is 1. The van der Waals surface area contributed by atoms with Crippen molar-refractivity contribution in [3.8, 4) is 11.5 Å². The van der Waals surface area contributed by atoms with Crippen LogP contribution in [0, 0.1) is 23.7 Å². The third-order valence-corrected chi connectivity index (χ3v) is 5.79. The number of hydrogen-bond donors (Lipinski definition) is 2. The fraction of sp³-hybridized carbons (Fsp3) is 0.579. The minimum Gasteiger partial charge on any atom is -0.504 e. The van der Waals surface area contributed by atoms with Crippen molar-refractivity contribution < 1.29 is 9.84 Å². The average Bonchev–Trinajstić information content (AvgIpc) is 2.49. The highest BCUT2D eigenvalue weighted by Crippen LogP contribution is 2.56. The van der Waals surface area contributed by atoms with Crippen molar-refractivity contribution in [1.29, 1.82) is 0 Å². The van der Waals surface area contributed by atoms with Crippen LogP contribution in [0.2, 0.25) is 0 Å². The number of hydrogen-bond acceptors (Lipinski definition) is 3. The number of allylic oxidation sites excluding steroid dienone is 1. The standard InChI is InChI=1S/C19H25NO2/c20-4-5-22-19-14(2-1-3-18(19)21)11-17-15-7-12-6-13(9-15)10-16(17)8-12/h1-3,11-13,15-16,21H,4-10,20H2. The molecule has 4 aliphatic rings. The van der Waals surface area contributed by atoms with Crippen molar-refractivity contribution in [2.24, 2.45) is 29.4 Å². The van der Waals surface area contributed by atoms with E-state index in [-0.39, 0.29) is 5.75 Å². The largest absolute Gasteiger partial charge is 0.504 e. The molecule has 4 saturated carbocycles. The molecule has 5 rings (SSSR count). The van der Waals surface area contributed by atoms with Crippen LogP contribution in [0.5, 0.6) is 11.5 Å². The van der Waals surface area contributed by atoms with Crippen molar-refractivity contribution in [3.05, 3.63) is 29.3 Å². The van der Waals surface area contributed by atoms with Crippen LogP contribution in [-0.4, -0.2) is 18.3 Å². The van der Waals surface area contributed by atoms with E-state index in [1.165, 1.54) is 32.1 Å². The van der Waals surface area contributed by atoms with Crippen LogP contribution in [0.4, 0.5) is 0 Å². The van der Waals surface area contributed by atoms with Crippen LogP contribution in [0.3, 0.4) is 0 Å². The summed E-state index contributed by atoms with van der Waals surface area (Å²) in [5, 5.41) is 10.1. The highest BCUT2D eigenvalue weighted by atomic mass is 16.5. The second-order valence-electron chi connectivity index (χ2n) is 7.28. The minimum atomic E-state index is 0.214. The molecule has 0 aromatic heterocycles. The quantitative estimate of drug-likeness (QED) is 0.893. The van der Waals surface area contributed by atoms with Crippen molar-refractivity contribution in [2.45, 2.75) is 32.1 Å². The lowest BCUT2D eigenvalue weighted by molar-refractivity contribution is 0.0710. The van der Waals surface area contributed by atoms with E-state index in [9.17, 15) is 5.11 Å². The fourth-order valence-electron chi connectivity index (χ4n) is 5.12. The lowest BCUT2D eigenvalue weighted by atomic mass is 9.54. The third-order valence-electron chi connectivity index (χ3n) is 5.79. The monoisotopic (exact) mass is 299 g/mol. The van der Waals surface area contributed by atoms with E-state index in [1.807, 2.05) is 12.1 Å². The predicted octanol–water partition coefficient (Wildman–Crippen LogP) is 3.57. The molecule has 4 fully saturated rings. The molecular formula is C19H25NO2. The Balaban J connectivity index is 1.66. The molecule has 0 heterocycles. The molecule has 118 valence electrons. The van der Waals surface area contributed by atoms with Gasteiger partial charge in [-0.15, -0.1) is 0 Å². The number of benzene rings is 1. The first-order valence-corrected chi connectivity index (χ1v) is 8.61. The van der Waals surface area contributed by atoms with E-state index in [0.29, 0.717) is 18.9 Å². The summed E-state index contributed by atoms with van der Waals surface area (Å²) >= 11 is 0. The van der Waals surface area contributed by atoms with E-state index in [1.54, 1.807) is 11.6 Å². The van der Waals surface area contributed by atoms with Gasteiger partial charge in [-0.05, 0) is 61.8 Å². The molecule has 4 bridgehead atoms. The van der Waals surface area contributed by atoms with Gasteiger partial charge in [0.15, 0.2) is 11.5 Å². The second kappa shape index (κ2) is 5.62. The Bertz CT molecular complexity index is 563. The molecule has 4 aliphatic carbocycles. The summed E-state index contributed by atoms with van der Waals surface area (Å²) in [6.45, 7) is 0.893. The van der Waals surface area contributed by atoms with Gasteiger partial charge in [-0.2, -0.15) is 0 Å². The Morgan fingerprint density at radius 2 is 1.77 bits per heavy atom. The van der Waals surface area contributed by atoms with E-state index in [4.69, 9.17) is 10.5 Å². The van der Waals surface area contributed by atoms with Crippen LogP contribution < -0.4 is 10.5 Å². The van der Waals surface area contributed by atoms with Crippen molar-refractivity contribution >= 4 is 6.08 Å². The summed E-state index contributed by atoms with van der Waals surface area (Å²) in [6.07, 6.45) is 9.26. The summed E-state index contributed by atoms with van der Waals surface area (Å²) in [5.74, 6) is 4.27. The molecule has 0 radical (unpaired) electrons. The molecular weight excluding hydrogens is 274 g/mol. The SMILES string of the molecule is NCCOc1c(O)cccc1C=C1C2CC3CC(C2)CC1C3. The number of para-hydroxylation sites is 1. The van der Waals surface area contributed by atoms with Gasteiger partial charge in [0.05, 0.1) is 0 Å². The van der Waals surface area contributed by atoms with Crippen LogP contribution in [-0.2, 0) is 0 Å². The average molecular weight is 299 g/mol. The Kier molecular flexibility index (Phi) is 3.61. The first-order chi connectivity index (χ1) is 10.7. The van der Waals surface area contributed by atoms with Gasteiger partial charge in [0.25, 0.3) is 0 Å². The molecule has 22 heavy (non-hydrogen) atoms. The lowest BCUT2D eigenvalue weighted by Gasteiger charge is -2.51. The zero-order valence-corrected chi connectivity index (χ0v) is 13.0. The summed E-state index contributed by atoms with van der Waals surface area (Å²) in [5.41, 5.74) is 8.15. The van der Waals surface area contributed by atoms with Crippen molar-refractivity contribution in [1.82, 2.24) is 0 Å². The smallest absolute Gasteiger partial charge is 0.168 e. The van der Waals surface area contributed by atoms with E-state index in [0.717, 1.165) is 29.2 Å². The maximum atomic E-state index is 10.1. The molecule has 0 spiro atoms. The van der Waals surface area contributed by atoms with E-state index in [2.05, 4.69) is 6.08 Å². The van der Waals surface area contributed by atoms with Gasteiger partial charge in [0.2, 0.25) is 0 Å². The van der Waals surface area contributed by atoms with Gasteiger partial charge < -0.3 is 15.6 Å². The highest BCUT2D eigenvalue weighted by Gasteiger charge is 2.44. The Morgan fingerprint density at radius 1 is 1.09 bits per heavy atom. The minimum absolute atomic E-state index is 0.214. The molecule has 3 N–H and O–H groups in total. The summed E-state index contributed by atoms with van der Waals surface area (Å²) in [4.78, 5) is 0. The molecule has 0 amide bonds. The van der Waals surface area contributed by atoms with Gasteiger partial charge in [-0.25, -0.2) is 0 Å². The van der Waals surface area contributed by atoms with Crippen molar-refractivity contribution in [2.75, 3.05) is 13.2 Å². The van der Waals surface area contributed by atoms with Crippen LogP contribution in [0.25, 0.3) is 6.08 Å². The normalized spacial score (nSPS) is 32.3. The van der Waals surface area contributed by atoms with Crippen LogP contribution in [0.1, 0.15) is 37.7 Å². The Morgan fingerprint density at radius 3 is 2.41 bits per heavy atom. The van der Waals surface area contributed by atoms with Gasteiger partial charge >= 0.3 is 0 Å². The van der Waals surface area contributed by atoms with Gasteiger partial charge in [-0.3, -0.25) is 0 Å². The number of aromatic hydroxyl groups is 1. The molecule has 3 nitrogen and oxygen atoms in total. The number of phenolic OH excluding ortho intramolecular Hbond substituents is 1. The van der Waals surface area contributed by atoms with Crippen LogP contribution in [0.15, 0.2) is 23.8 Å². The summed E-state index contributed by atoms with van der Waals surface area (Å²) in [7, 11) is 0. The molecule has 0 atom stereocenters. The van der Waals surface area contributed by atoms with E-state index < -0.39 is 0 Å². The molecule has 1 aromatic carbocycles. The number of ether oxygens (including phenoxy) is 1. The van der Waals surface area contributed by atoms with Gasteiger partial charge in [0.1, 0.15) is 6.61 Å². The van der Waals surface area contributed by atoms with Crippen LogP contribution >= 0.6 is 0 Å². The van der Waals surface area contributed by atoms with Crippen molar-refractivity contribution in [3.63, 3.8) is 0 Å². The first-order valence-electron chi connectivity index (χ1n) is 8.61. The second-order valence-corrected chi connectivity index (χ2v) is 7.28. The van der Waals surface area contributed by atoms with E-state index >= 15 is 0 Å². The maximum Gasteiger partial charge on any atom is 0.168 e. The highest BCUT2D eigenvalue weighted by molar-refractivity contribution is 5.65. The number of rotatable bonds is 4. The topological polar surface area (TPSA) is 55.5 Å². The molecule has 0 saturated heterocycles. The summed E-state index contributed by atoms with van der Waals surface area (Å²) < 4.78 is 5.69. The molecule has 0 aliphatic heterocycles. The predicted molar refractivity (Wildman–Crippen MR) is 87.7 cm³/mol. The zero-order chi connectivity index (χ0) is 15.1. The molecule has 3 heteroatoms. The zero-order valence-electron chi connectivity index (χ0n) is 13.0. The molecule has 1 aromatic rings. The third kappa shape index (κ3) is 2.41. The lowest BCUT2D eigenvalue weighted by Crippen LogP contribution is -2.40.